The third kappa shape index (κ3) is 2.15. The molecule has 0 saturated heterocycles. The van der Waals surface area contributed by atoms with Gasteiger partial charge in [0.05, 0.1) is 10.9 Å². The molecule has 1 aliphatic carbocycles. The van der Waals surface area contributed by atoms with Crippen LogP contribution in [0.1, 0.15) is 39.5 Å². The zero-order valence-electron chi connectivity index (χ0n) is 12.8. The molecule has 2 aromatic rings. The second-order valence-electron chi connectivity index (χ2n) is 6.20. The Bertz CT molecular complexity index is 918. The topological polar surface area (TPSA) is 54.5 Å². The van der Waals surface area contributed by atoms with E-state index in [1.165, 1.54) is 4.31 Å². The lowest BCUT2D eigenvalue weighted by atomic mass is 9.95. The molecule has 0 amide bonds. The Morgan fingerprint density at radius 1 is 1.13 bits per heavy atom. The van der Waals surface area contributed by atoms with Crippen molar-refractivity contribution in [3.63, 3.8) is 0 Å². The first-order valence-electron chi connectivity index (χ1n) is 7.72. The molecule has 0 radical (unpaired) electrons. The van der Waals surface area contributed by atoms with Crippen molar-refractivity contribution >= 4 is 15.8 Å². The average Bonchev–Trinajstić information content (AvgIpc) is 2.86. The van der Waals surface area contributed by atoms with Crippen molar-refractivity contribution in [2.45, 2.75) is 30.7 Å². The Kier molecular flexibility index (Phi) is 3.18. The van der Waals surface area contributed by atoms with Crippen LogP contribution in [0.15, 0.2) is 47.4 Å². The van der Waals surface area contributed by atoms with Gasteiger partial charge in [-0.1, -0.05) is 30.3 Å². The fourth-order valence-corrected chi connectivity index (χ4v) is 5.39. The molecule has 0 saturated carbocycles. The number of hydrogen-bond donors (Lipinski definition) is 0. The smallest absolute Gasteiger partial charge is 0.243 e. The van der Waals surface area contributed by atoms with E-state index in [2.05, 4.69) is 0 Å². The minimum atomic E-state index is -3.60. The van der Waals surface area contributed by atoms with E-state index in [4.69, 9.17) is 0 Å². The van der Waals surface area contributed by atoms with Crippen LogP contribution in [0.4, 0.5) is 0 Å². The molecule has 1 unspecified atom stereocenters. The summed E-state index contributed by atoms with van der Waals surface area (Å²) in [5.41, 5.74) is 3.62. The Morgan fingerprint density at radius 3 is 2.70 bits per heavy atom. The number of aryl methyl sites for hydroxylation is 1. The second kappa shape index (κ2) is 5.01. The Labute approximate surface area is 135 Å². The van der Waals surface area contributed by atoms with Crippen LogP contribution in [0.25, 0.3) is 0 Å². The molecule has 0 aromatic heterocycles. The summed E-state index contributed by atoms with van der Waals surface area (Å²) in [6.45, 7) is 2.30. The highest BCUT2D eigenvalue weighted by Gasteiger charge is 2.43. The Hall–Kier alpha value is -1.98. The second-order valence-corrected chi connectivity index (χ2v) is 8.09. The summed E-state index contributed by atoms with van der Waals surface area (Å²) in [5.74, 6) is 0.0400. The van der Waals surface area contributed by atoms with Gasteiger partial charge in [0.15, 0.2) is 5.78 Å². The molecule has 1 atom stereocenters. The maximum atomic E-state index is 13.1. The number of carbonyl (C=O) groups is 1. The van der Waals surface area contributed by atoms with Crippen LogP contribution in [0.3, 0.4) is 0 Å². The van der Waals surface area contributed by atoms with Crippen LogP contribution in [0, 0.1) is 6.92 Å². The van der Waals surface area contributed by atoms with Gasteiger partial charge >= 0.3 is 0 Å². The van der Waals surface area contributed by atoms with Crippen LogP contribution < -0.4 is 0 Å². The highest BCUT2D eigenvalue weighted by atomic mass is 32.2. The molecule has 4 rings (SSSR count). The number of sulfonamides is 1. The van der Waals surface area contributed by atoms with Crippen LogP contribution in [0.5, 0.6) is 0 Å². The molecule has 0 fully saturated rings. The van der Waals surface area contributed by atoms with Crippen molar-refractivity contribution in [1.82, 2.24) is 4.31 Å². The first kappa shape index (κ1) is 14.6. The van der Waals surface area contributed by atoms with Gasteiger partial charge in [0.1, 0.15) is 0 Å². The number of rotatable bonds is 2. The molecular formula is C18H17NO3S. The SMILES string of the molecule is Cc1cccc(S(=O)(=O)N2CCc3cccc4c3C2CC4=O)c1. The number of nitrogens with zero attached hydrogens (tertiary/aromatic N) is 1. The van der Waals surface area contributed by atoms with E-state index in [-0.39, 0.29) is 18.2 Å². The molecule has 0 bridgehead atoms. The first-order chi connectivity index (χ1) is 11.0. The van der Waals surface area contributed by atoms with Crippen molar-refractivity contribution in [2.75, 3.05) is 6.54 Å². The molecular weight excluding hydrogens is 310 g/mol. The van der Waals surface area contributed by atoms with E-state index in [1.807, 2.05) is 31.2 Å². The van der Waals surface area contributed by atoms with Gasteiger partial charge < -0.3 is 0 Å². The van der Waals surface area contributed by atoms with E-state index >= 15 is 0 Å². The minimum absolute atomic E-state index is 0.0400. The van der Waals surface area contributed by atoms with Gasteiger partial charge in [-0.25, -0.2) is 8.42 Å². The molecule has 1 heterocycles. The van der Waals surface area contributed by atoms with Gasteiger partial charge in [0.25, 0.3) is 0 Å². The van der Waals surface area contributed by atoms with Crippen molar-refractivity contribution in [1.29, 1.82) is 0 Å². The zero-order valence-corrected chi connectivity index (χ0v) is 13.6. The van der Waals surface area contributed by atoms with Crippen LogP contribution in [-0.2, 0) is 16.4 Å². The fraction of sp³-hybridized carbons (Fsp3) is 0.278. The standard InChI is InChI=1S/C18H17NO3S/c1-12-4-2-6-14(10-12)23(21,22)19-9-8-13-5-3-7-15-17(20)11-16(19)18(13)15/h2-7,10,16H,8-9,11H2,1H3. The third-order valence-corrected chi connectivity index (χ3v) is 6.66. The van der Waals surface area contributed by atoms with E-state index < -0.39 is 10.0 Å². The summed E-state index contributed by atoms with van der Waals surface area (Å²) >= 11 is 0. The van der Waals surface area contributed by atoms with E-state index in [0.717, 1.165) is 16.7 Å². The summed E-state index contributed by atoms with van der Waals surface area (Å²) in [4.78, 5) is 12.6. The summed E-state index contributed by atoms with van der Waals surface area (Å²) in [6.07, 6.45) is 0.898. The van der Waals surface area contributed by atoms with E-state index in [1.54, 1.807) is 18.2 Å². The maximum Gasteiger partial charge on any atom is 0.243 e. The molecule has 23 heavy (non-hydrogen) atoms. The normalized spacial score (nSPS) is 20.6. The van der Waals surface area contributed by atoms with Crippen molar-refractivity contribution in [3.05, 3.63) is 64.7 Å². The van der Waals surface area contributed by atoms with Gasteiger partial charge in [-0.2, -0.15) is 4.31 Å². The van der Waals surface area contributed by atoms with E-state index in [0.29, 0.717) is 23.4 Å². The maximum absolute atomic E-state index is 13.1. The molecule has 2 aliphatic rings. The van der Waals surface area contributed by atoms with Crippen molar-refractivity contribution in [2.24, 2.45) is 0 Å². The lowest BCUT2D eigenvalue weighted by Gasteiger charge is -2.33. The molecule has 0 N–H and O–H groups in total. The number of benzene rings is 2. The quantitative estimate of drug-likeness (QED) is 0.852. The van der Waals surface area contributed by atoms with Crippen LogP contribution in [-0.4, -0.2) is 25.1 Å². The Morgan fingerprint density at radius 2 is 1.91 bits per heavy atom. The predicted molar refractivity (Wildman–Crippen MR) is 86.9 cm³/mol. The van der Waals surface area contributed by atoms with Gasteiger partial charge in [0.2, 0.25) is 10.0 Å². The van der Waals surface area contributed by atoms with Crippen LogP contribution >= 0.6 is 0 Å². The average molecular weight is 327 g/mol. The first-order valence-corrected chi connectivity index (χ1v) is 9.16. The summed E-state index contributed by atoms with van der Waals surface area (Å²) in [6, 6.07) is 12.3. The lowest BCUT2D eigenvalue weighted by Crippen LogP contribution is -2.39. The number of hydrogen-bond acceptors (Lipinski definition) is 3. The molecule has 118 valence electrons. The van der Waals surface area contributed by atoms with Gasteiger partial charge in [0, 0.05) is 18.5 Å². The monoisotopic (exact) mass is 327 g/mol. The van der Waals surface area contributed by atoms with E-state index in [9.17, 15) is 13.2 Å². The number of carbonyl (C=O) groups excluding carboxylic acids is 1. The molecule has 2 aromatic carbocycles. The summed E-state index contributed by atoms with van der Waals surface area (Å²) in [5, 5.41) is 0. The van der Waals surface area contributed by atoms with Crippen molar-refractivity contribution in [3.8, 4) is 0 Å². The lowest BCUT2D eigenvalue weighted by molar-refractivity contribution is 0.0975. The fourth-order valence-electron chi connectivity index (χ4n) is 3.69. The zero-order chi connectivity index (χ0) is 16.2. The predicted octanol–water partition coefficient (Wildman–Crippen LogP) is 2.87. The molecule has 4 nitrogen and oxygen atoms in total. The third-order valence-electron chi connectivity index (χ3n) is 4.75. The summed E-state index contributed by atoms with van der Waals surface area (Å²) in [7, 11) is -3.60. The van der Waals surface area contributed by atoms with Crippen LogP contribution in [0.2, 0.25) is 0 Å². The molecule has 0 spiro atoms. The molecule has 1 aliphatic heterocycles. The Balaban J connectivity index is 1.82. The highest BCUT2D eigenvalue weighted by Crippen LogP contribution is 2.43. The largest absolute Gasteiger partial charge is 0.294 e. The van der Waals surface area contributed by atoms with Crippen molar-refractivity contribution < 1.29 is 13.2 Å². The van der Waals surface area contributed by atoms with Gasteiger partial charge in [-0.3, -0.25) is 4.79 Å². The minimum Gasteiger partial charge on any atom is -0.294 e. The van der Waals surface area contributed by atoms with Gasteiger partial charge in [-0.15, -0.1) is 0 Å². The highest BCUT2D eigenvalue weighted by molar-refractivity contribution is 7.89. The number of Topliss-reactive ketones (excluding diaryl/α,β-unsaturated/α-hetero) is 1. The summed E-state index contributed by atoms with van der Waals surface area (Å²) < 4.78 is 27.6. The van der Waals surface area contributed by atoms with Gasteiger partial charge in [-0.05, 0) is 42.2 Å². The molecule has 5 heteroatoms. The number of ketones is 1.